The first-order chi connectivity index (χ1) is 11.5. The van der Waals surface area contributed by atoms with E-state index in [-0.39, 0.29) is 30.7 Å². The van der Waals surface area contributed by atoms with Crippen LogP contribution in [0.25, 0.3) is 0 Å². The Hall–Kier alpha value is -3.15. The molecule has 2 aromatic rings. The van der Waals surface area contributed by atoms with E-state index in [4.69, 9.17) is 4.74 Å². The van der Waals surface area contributed by atoms with E-state index in [1.54, 1.807) is 30.3 Å². The molecule has 1 N–H and O–H groups in total. The Morgan fingerprint density at radius 1 is 1.17 bits per heavy atom. The van der Waals surface area contributed by atoms with Gasteiger partial charge in [-0.15, -0.1) is 0 Å². The van der Waals surface area contributed by atoms with Crippen LogP contribution >= 0.6 is 0 Å². The number of benzene rings is 2. The quantitative estimate of drug-likeness (QED) is 0.875. The van der Waals surface area contributed by atoms with Crippen LogP contribution in [0.15, 0.2) is 48.5 Å². The summed E-state index contributed by atoms with van der Waals surface area (Å²) in [6, 6.07) is 13.8. The SMILES string of the molecule is CC(=O)c1ccc2c(c1)N(CC(=O)Nc1ccccc1)C(=O)CO2. The number of para-hydroxylation sites is 1. The topological polar surface area (TPSA) is 75.7 Å². The third-order valence-corrected chi connectivity index (χ3v) is 3.67. The number of ether oxygens (including phenoxy) is 1. The van der Waals surface area contributed by atoms with Crippen molar-refractivity contribution in [3.8, 4) is 5.75 Å². The first-order valence-corrected chi connectivity index (χ1v) is 7.47. The summed E-state index contributed by atoms with van der Waals surface area (Å²) in [4.78, 5) is 37.3. The molecule has 1 aliphatic heterocycles. The molecule has 3 rings (SSSR count). The molecule has 2 aromatic carbocycles. The van der Waals surface area contributed by atoms with Crippen LogP contribution in [0.1, 0.15) is 17.3 Å². The number of fused-ring (bicyclic) bond motifs is 1. The van der Waals surface area contributed by atoms with Crippen LogP contribution < -0.4 is 15.0 Å². The van der Waals surface area contributed by atoms with Gasteiger partial charge in [0.1, 0.15) is 12.3 Å². The second-order valence-corrected chi connectivity index (χ2v) is 5.42. The Labute approximate surface area is 139 Å². The molecule has 0 fully saturated rings. The highest BCUT2D eigenvalue weighted by molar-refractivity contribution is 6.06. The Morgan fingerprint density at radius 3 is 2.62 bits per heavy atom. The Bertz CT molecular complexity index is 802. The summed E-state index contributed by atoms with van der Waals surface area (Å²) in [5.74, 6) is -0.293. The van der Waals surface area contributed by atoms with E-state index in [1.165, 1.54) is 11.8 Å². The number of amides is 2. The van der Waals surface area contributed by atoms with Gasteiger partial charge >= 0.3 is 0 Å². The van der Waals surface area contributed by atoms with E-state index in [2.05, 4.69) is 5.32 Å². The van der Waals surface area contributed by atoms with Gasteiger partial charge in [-0.1, -0.05) is 18.2 Å². The summed E-state index contributed by atoms with van der Waals surface area (Å²) < 4.78 is 5.37. The van der Waals surface area contributed by atoms with Crippen LogP contribution in [0, 0.1) is 0 Å². The van der Waals surface area contributed by atoms with E-state index in [1.807, 2.05) is 18.2 Å². The molecule has 0 aromatic heterocycles. The first kappa shape index (κ1) is 15.7. The number of carbonyl (C=O) groups is 3. The largest absolute Gasteiger partial charge is 0.482 e. The zero-order valence-corrected chi connectivity index (χ0v) is 13.1. The number of carbonyl (C=O) groups excluding carboxylic acids is 3. The van der Waals surface area contributed by atoms with Crippen molar-refractivity contribution >= 4 is 29.0 Å². The van der Waals surface area contributed by atoms with Gasteiger partial charge in [-0.05, 0) is 37.3 Å². The van der Waals surface area contributed by atoms with Crippen molar-refractivity contribution in [1.82, 2.24) is 0 Å². The van der Waals surface area contributed by atoms with Crippen molar-refractivity contribution in [3.05, 3.63) is 54.1 Å². The molecule has 0 aliphatic carbocycles. The number of Topliss-reactive ketones (excluding diaryl/α,β-unsaturated/α-hetero) is 1. The van der Waals surface area contributed by atoms with Gasteiger partial charge in [-0.2, -0.15) is 0 Å². The maximum Gasteiger partial charge on any atom is 0.265 e. The summed E-state index contributed by atoms with van der Waals surface area (Å²) in [5.41, 5.74) is 1.54. The maximum atomic E-state index is 12.2. The predicted octanol–water partition coefficient (Wildman–Crippen LogP) is 2.25. The van der Waals surface area contributed by atoms with Crippen molar-refractivity contribution in [2.24, 2.45) is 0 Å². The van der Waals surface area contributed by atoms with Gasteiger partial charge in [0.05, 0.1) is 5.69 Å². The smallest absolute Gasteiger partial charge is 0.265 e. The van der Waals surface area contributed by atoms with Crippen molar-refractivity contribution in [2.75, 3.05) is 23.4 Å². The lowest BCUT2D eigenvalue weighted by Gasteiger charge is -2.29. The molecule has 24 heavy (non-hydrogen) atoms. The summed E-state index contributed by atoms with van der Waals surface area (Å²) in [6.07, 6.45) is 0. The van der Waals surface area contributed by atoms with Gasteiger partial charge in [0.15, 0.2) is 12.4 Å². The van der Waals surface area contributed by atoms with Crippen LogP contribution in [0.2, 0.25) is 0 Å². The molecule has 6 heteroatoms. The van der Waals surface area contributed by atoms with Gasteiger partial charge in [0.2, 0.25) is 5.91 Å². The highest BCUT2D eigenvalue weighted by atomic mass is 16.5. The molecule has 1 aliphatic rings. The van der Waals surface area contributed by atoms with Crippen LogP contribution in [-0.4, -0.2) is 30.7 Å². The molecule has 1 heterocycles. The number of anilines is 2. The van der Waals surface area contributed by atoms with Crippen LogP contribution in [-0.2, 0) is 9.59 Å². The van der Waals surface area contributed by atoms with E-state index < -0.39 is 0 Å². The predicted molar refractivity (Wildman–Crippen MR) is 89.4 cm³/mol. The highest BCUT2D eigenvalue weighted by Crippen LogP contribution is 2.33. The second kappa shape index (κ2) is 6.54. The van der Waals surface area contributed by atoms with Crippen molar-refractivity contribution in [1.29, 1.82) is 0 Å². The number of hydrogen-bond acceptors (Lipinski definition) is 4. The minimum absolute atomic E-state index is 0.121. The van der Waals surface area contributed by atoms with E-state index in [0.717, 1.165) is 0 Å². The van der Waals surface area contributed by atoms with Gasteiger partial charge in [-0.3, -0.25) is 19.3 Å². The summed E-state index contributed by atoms with van der Waals surface area (Å²) >= 11 is 0. The van der Waals surface area contributed by atoms with E-state index >= 15 is 0 Å². The maximum absolute atomic E-state index is 12.2. The van der Waals surface area contributed by atoms with Crippen LogP contribution in [0.3, 0.4) is 0 Å². The third kappa shape index (κ3) is 3.27. The fraction of sp³-hybridized carbons (Fsp3) is 0.167. The molecule has 0 unspecified atom stereocenters. The minimum Gasteiger partial charge on any atom is -0.482 e. The van der Waals surface area contributed by atoms with Crippen molar-refractivity contribution in [2.45, 2.75) is 6.92 Å². The Morgan fingerprint density at radius 2 is 1.92 bits per heavy atom. The van der Waals surface area contributed by atoms with Crippen molar-refractivity contribution < 1.29 is 19.1 Å². The lowest BCUT2D eigenvalue weighted by atomic mass is 10.1. The molecular formula is C18H16N2O4. The number of nitrogens with one attached hydrogen (secondary N) is 1. The number of nitrogens with zero attached hydrogens (tertiary/aromatic N) is 1. The lowest BCUT2D eigenvalue weighted by Crippen LogP contribution is -2.43. The van der Waals surface area contributed by atoms with E-state index in [9.17, 15) is 14.4 Å². The molecule has 0 saturated heterocycles. The monoisotopic (exact) mass is 324 g/mol. The third-order valence-electron chi connectivity index (χ3n) is 3.67. The van der Waals surface area contributed by atoms with Gasteiger partial charge < -0.3 is 10.1 Å². The average molecular weight is 324 g/mol. The zero-order chi connectivity index (χ0) is 17.1. The first-order valence-electron chi connectivity index (χ1n) is 7.47. The molecule has 6 nitrogen and oxygen atoms in total. The summed E-state index contributed by atoms with van der Waals surface area (Å²) in [6.45, 7) is 1.16. The average Bonchev–Trinajstić information content (AvgIpc) is 2.58. The molecule has 122 valence electrons. The Kier molecular flexibility index (Phi) is 4.29. The summed E-state index contributed by atoms with van der Waals surface area (Å²) in [5, 5.41) is 2.74. The molecule has 2 amide bonds. The number of rotatable bonds is 4. The van der Waals surface area contributed by atoms with Crippen LogP contribution in [0.4, 0.5) is 11.4 Å². The van der Waals surface area contributed by atoms with Crippen molar-refractivity contribution in [3.63, 3.8) is 0 Å². The summed E-state index contributed by atoms with van der Waals surface area (Å²) in [7, 11) is 0. The normalized spacial score (nSPS) is 13.0. The minimum atomic E-state index is -0.327. The van der Waals surface area contributed by atoms with Gasteiger partial charge in [-0.25, -0.2) is 0 Å². The number of ketones is 1. The molecular weight excluding hydrogens is 308 g/mol. The molecule has 0 atom stereocenters. The zero-order valence-electron chi connectivity index (χ0n) is 13.1. The fourth-order valence-electron chi connectivity index (χ4n) is 2.46. The molecule has 0 spiro atoms. The Balaban J connectivity index is 1.83. The van der Waals surface area contributed by atoms with E-state index in [0.29, 0.717) is 22.7 Å². The highest BCUT2D eigenvalue weighted by Gasteiger charge is 2.28. The molecule has 0 bridgehead atoms. The fourth-order valence-corrected chi connectivity index (χ4v) is 2.46. The van der Waals surface area contributed by atoms with Gasteiger partial charge in [0, 0.05) is 11.3 Å². The second-order valence-electron chi connectivity index (χ2n) is 5.42. The number of hydrogen-bond donors (Lipinski definition) is 1. The standard InChI is InChI=1S/C18H16N2O4/c1-12(21)13-7-8-16-15(9-13)20(18(23)11-24-16)10-17(22)19-14-5-3-2-4-6-14/h2-9H,10-11H2,1H3,(H,19,22). The molecule has 0 saturated carbocycles. The van der Waals surface area contributed by atoms with Gasteiger partial charge in [0.25, 0.3) is 5.91 Å². The molecule has 0 radical (unpaired) electrons. The lowest BCUT2D eigenvalue weighted by molar-refractivity contribution is -0.123. The van der Waals surface area contributed by atoms with Crippen LogP contribution in [0.5, 0.6) is 5.75 Å².